The summed E-state index contributed by atoms with van der Waals surface area (Å²) in [5, 5.41) is 9.76. The standard InChI is InChI=1S/C38H54O6/c1-4-7-10-13-16-19-36(39)43-33-27-31(28-34(29-33)44-37(40)20-17-14-11-8-5-2)22-21-30-23-25-32(26-24-30)35(38(41)42)18-15-12-9-6-3/h21-29,35H,4-20H2,1-3H3,(H,41,42)/b22-21+. The molecule has 0 radical (unpaired) electrons. The van der Waals surface area contributed by atoms with Gasteiger partial charge in [0.1, 0.15) is 11.5 Å². The van der Waals surface area contributed by atoms with Crippen LogP contribution in [-0.4, -0.2) is 23.0 Å². The molecular formula is C38H54O6. The molecule has 6 nitrogen and oxygen atoms in total. The average molecular weight is 607 g/mol. The molecule has 0 aliphatic rings. The van der Waals surface area contributed by atoms with Crippen LogP contribution in [0.2, 0.25) is 0 Å². The van der Waals surface area contributed by atoms with E-state index >= 15 is 0 Å². The number of esters is 2. The van der Waals surface area contributed by atoms with Crippen molar-refractivity contribution >= 4 is 30.1 Å². The highest BCUT2D eigenvalue weighted by molar-refractivity contribution is 5.78. The smallest absolute Gasteiger partial charge is 0.311 e. The molecule has 44 heavy (non-hydrogen) atoms. The lowest BCUT2D eigenvalue weighted by atomic mass is 9.92. The predicted octanol–water partition coefficient (Wildman–Crippen LogP) is 10.5. The molecule has 2 rings (SSSR count). The van der Waals surface area contributed by atoms with Crippen LogP contribution in [0.4, 0.5) is 0 Å². The fourth-order valence-electron chi connectivity index (χ4n) is 5.16. The lowest BCUT2D eigenvalue weighted by Gasteiger charge is -2.13. The summed E-state index contributed by atoms with van der Waals surface area (Å²) in [5.74, 6) is -1.20. The molecule has 0 amide bonds. The van der Waals surface area contributed by atoms with E-state index in [1.54, 1.807) is 18.2 Å². The zero-order chi connectivity index (χ0) is 32.0. The maximum Gasteiger partial charge on any atom is 0.311 e. The molecule has 0 bridgehead atoms. The van der Waals surface area contributed by atoms with Crippen LogP contribution in [0.1, 0.15) is 153 Å². The molecule has 0 fully saturated rings. The van der Waals surface area contributed by atoms with Crippen LogP contribution in [0, 0.1) is 0 Å². The van der Waals surface area contributed by atoms with Crippen LogP contribution in [0.25, 0.3) is 12.2 Å². The van der Waals surface area contributed by atoms with E-state index in [4.69, 9.17) is 9.47 Å². The normalized spacial score (nSPS) is 11.9. The second-order valence-corrected chi connectivity index (χ2v) is 11.8. The van der Waals surface area contributed by atoms with Gasteiger partial charge in [0, 0.05) is 18.9 Å². The summed E-state index contributed by atoms with van der Waals surface area (Å²) in [6, 6.07) is 12.7. The molecule has 0 aliphatic carbocycles. The van der Waals surface area contributed by atoms with Gasteiger partial charge in [-0.05, 0) is 48.1 Å². The quantitative estimate of drug-likeness (QED) is 0.0586. The van der Waals surface area contributed by atoms with E-state index in [1.165, 1.54) is 12.8 Å². The van der Waals surface area contributed by atoms with Gasteiger partial charge in [0.2, 0.25) is 0 Å². The van der Waals surface area contributed by atoms with E-state index in [9.17, 15) is 19.5 Å². The molecule has 0 aromatic heterocycles. The summed E-state index contributed by atoms with van der Waals surface area (Å²) >= 11 is 0. The van der Waals surface area contributed by atoms with Gasteiger partial charge >= 0.3 is 17.9 Å². The van der Waals surface area contributed by atoms with Gasteiger partial charge in [0.25, 0.3) is 0 Å². The van der Waals surface area contributed by atoms with Crippen LogP contribution in [0.5, 0.6) is 11.5 Å². The molecular weight excluding hydrogens is 552 g/mol. The first-order valence-electron chi connectivity index (χ1n) is 16.9. The number of hydrogen-bond donors (Lipinski definition) is 1. The van der Waals surface area contributed by atoms with Crippen molar-refractivity contribution in [3.05, 3.63) is 59.2 Å². The Bertz CT molecular complexity index is 1100. The first-order valence-corrected chi connectivity index (χ1v) is 16.9. The molecule has 0 saturated carbocycles. The van der Waals surface area contributed by atoms with Crippen molar-refractivity contribution in [2.45, 2.75) is 136 Å². The molecule has 1 unspecified atom stereocenters. The number of aliphatic carboxylic acids is 1. The van der Waals surface area contributed by atoms with Crippen LogP contribution in [0.15, 0.2) is 42.5 Å². The Labute approximate surface area is 265 Å². The van der Waals surface area contributed by atoms with E-state index < -0.39 is 11.9 Å². The van der Waals surface area contributed by atoms with Gasteiger partial charge in [-0.2, -0.15) is 0 Å². The van der Waals surface area contributed by atoms with Gasteiger partial charge in [0.15, 0.2) is 0 Å². The molecule has 0 aliphatic heterocycles. The largest absolute Gasteiger partial charge is 0.481 e. The number of unbranched alkanes of at least 4 members (excludes halogenated alkanes) is 11. The fourth-order valence-corrected chi connectivity index (χ4v) is 5.16. The number of rotatable bonds is 23. The Hall–Kier alpha value is -3.41. The SMILES string of the molecule is CCCCCCCC(=O)Oc1cc(/C=C/c2ccc(C(CCCCCC)C(=O)O)cc2)cc(OC(=O)CCCCCCC)c1. The van der Waals surface area contributed by atoms with E-state index in [-0.39, 0.29) is 11.9 Å². The highest BCUT2D eigenvalue weighted by Crippen LogP contribution is 2.27. The molecule has 242 valence electrons. The second-order valence-electron chi connectivity index (χ2n) is 11.8. The minimum absolute atomic E-state index is 0.297. The second kappa shape index (κ2) is 22.2. The van der Waals surface area contributed by atoms with Crippen molar-refractivity contribution in [1.29, 1.82) is 0 Å². The Balaban J connectivity index is 2.13. The summed E-state index contributed by atoms with van der Waals surface area (Å²) in [7, 11) is 0. The molecule has 0 spiro atoms. The maximum absolute atomic E-state index is 12.5. The molecule has 1 N–H and O–H groups in total. The maximum atomic E-state index is 12.5. The third-order valence-corrected chi connectivity index (χ3v) is 7.79. The number of carboxylic acid groups (broad SMARTS) is 1. The lowest BCUT2D eigenvalue weighted by molar-refractivity contribution is -0.139. The number of hydrogen-bond acceptors (Lipinski definition) is 5. The molecule has 0 heterocycles. The summed E-state index contributed by atoms with van der Waals surface area (Å²) < 4.78 is 11.3. The van der Waals surface area contributed by atoms with E-state index in [1.807, 2.05) is 36.4 Å². The average Bonchev–Trinajstić information content (AvgIpc) is 3.00. The summed E-state index contributed by atoms with van der Waals surface area (Å²) in [5.41, 5.74) is 2.44. The van der Waals surface area contributed by atoms with Crippen molar-refractivity contribution in [1.82, 2.24) is 0 Å². The lowest BCUT2D eigenvalue weighted by Crippen LogP contribution is -2.11. The van der Waals surface area contributed by atoms with Gasteiger partial charge < -0.3 is 14.6 Å². The first-order chi connectivity index (χ1) is 21.4. The van der Waals surface area contributed by atoms with Crippen molar-refractivity contribution in [2.24, 2.45) is 0 Å². The molecule has 1 atom stereocenters. The molecule has 2 aromatic rings. The molecule has 0 saturated heterocycles. The first kappa shape index (κ1) is 36.8. The van der Waals surface area contributed by atoms with Crippen molar-refractivity contribution in [3.63, 3.8) is 0 Å². The topological polar surface area (TPSA) is 89.9 Å². The Morgan fingerprint density at radius 2 is 1.07 bits per heavy atom. The van der Waals surface area contributed by atoms with Crippen molar-refractivity contribution in [2.75, 3.05) is 0 Å². The van der Waals surface area contributed by atoms with Gasteiger partial charge in [-0.15, -0.1) is 0 Å². The zero-order valence-electron chi connectivity index (χ0n) is 27.3. The third-order valence-electron chi connectivity index (χ3n) is 7.79. The summed E-state index contributed by atoms with van der Waals surface area (Å²) in [6.07, 6.45) is 19.7. The minimum atomic E-state index is -0.792. The summed E-state index contributed by atoms with van der Waals surface area (Å²) in [6.45, 7) is 6.46. The fraction of sp³-hybridized carbons (Fsp3) is 0.553. The van der Waals surface area contributed by atoms with E-state index in [2.05, 4.69) is 20.8 Å². The Kier molecular flexibility index (Phi) is 18.5. The Morgan fingerprint density at radius 1 is 0.614 bits per heavy atom. The highest BCUT2D eigenvalue weighted by atomic mass is 16.5. The van der Waals surface area contributed by atoms with Gasteiger partial charge in [-0.3, -0.25) is 14.4 Å². The monoisotopic (exact) mass is 606 g/mol. The van der Waals surface area contributed by atoms with Crippen LogP contribution < -0.4 is 9.47 Å². The van der Waals surface area contributed by atoms with Gasteiger partial charge in [0.05, 0.1) is 5.92 Å². The number of carbonyl (C=O) groups is 3. The molecule has 6 heteroatoms. The van der Waals surface area contributed by atoms with Crippen LogP contribution in [-0.2, 0) is 14.4 Å². The predicted molar refractivity (Wildman–Crippen MR) is 179 cm³/mol. The van der Waals surface area contributed by atoms with Crippen molar-refractivity contribution in [3.8, 4) is 11.5 Å². The minimum Gasteiger partial charge on any atom is -0.481 e. The third kappa shape index (κ3) is 15.4. The van der Waals surface area contributed by atoms with Crippen molar-refractivity contribution < 1.29 is 29.0 Å². The number of ether oxygens (including phenoxy) is 2. The Morgan fingerprint density at radius 3 is 1.55 bits per heavy atom. The van der Waals surface area contributed by atoms with Gasteiger partial charge in [-0.1, -0.05) is 134 Å². The van der Waals surface area contributed by atoms with Crippen LogP contribution in [0.3, 0.4) is 0 Å². The number of carbonyl (C=O) groups excluding carboxylic acids is 2. The van der Waals surface area contributed by atoms with Gasteiger partial charge in [-0.25, -0.2) is 0 Å². The highest BCUT2D eigenvalue weighted by Gasteiger charge is 2.19. The number of benzene rings is 2. The molecule has 2 aromatic carbocycles. The van der Waals surface area contributed by atoms with Crippen LogP contribution >= 0.6 is 0 Å². The van der Waals surface area contributed by atoms with E-state index in [0.717, 1.165) is 93.7 Å². The van der Waals surface area contributed by atoms with E-state index in [0.29, 0.717) is 30.8 Å². The number of carboxylic acids is 1. The summed E-state index contributed by atoms with van der Waals surface area (Å²) in [4.78, 5) is 37.0. The zero-order valence-corrected chi connectivity index (χ0v) is 27.3.